The molecule has 0 unspecified atom stereocenters. The van der Waals surface area contributed by atoms with Crippen LogP contribution in [0, 0.1) is 0 Å². The summed E-state index contributed by atoms with van der Waals surface area (Å²) in [6.45, 7) is 4.57. The van der Waals surface area contributed by atoms with E-state index in [1.165, 1.54) is 38.5 Å². The van der Waals surface area contributed by atoms with Crippen LogP contribution < -0.4 is 10.6 Å². The molecule has 1 rings (SSSR count). The van der Waals surface area contributed by atoms with Gasteiger partial charge in [0.1, 0.15) is 0 Å². The average Bonchev–Trinajstić information content (AvgIpc) is 2.88. The van der Waals surface area contributed by atoms with Gasteiger partial charge < -0.3 is 24.8 Å². The van der Waals surface area contributed by atoms with Gasteiger partial charge in [0.05, 0.1) is 25.9 Å². The molecule has 0 aromatic rings. The van der Waals surface area contributed by atoms with Crippen molar-refractivity contribution >= 4 is 29.9 Å². The minimum atomic E-state index is 0. The number of nitrogens with zero attached hydrogens (tertiary/aromatic N) is 1. The first-order valence-electron chi connectivity index (χ1n) is 9.49. The Balaban J connectivity index is 0.00000576. The highest BCUT2D eigenvalue weighted by Gasteiger charge is 2.11. The maximum Gasteiger partial charge on any atom is 0.191 e. The normalized spacial score (nSPS) is 16.2. The fourth-order valence-electron chi connectivity index (χ4n) is 2.80. The monoisotopic (exact) mass is 471 g/mol. The smallest absolute Gasteiger partial charge is 0.191 e. The van der Waals surface area contributed by atoms with Crippen LogP contribution in [0.1, 0.15) is 51.4 Å². The number of aliphatic imine (C=N–C) groups is 1. The molecule has 25 heavy (non-hydrogen) atoms. The summed E-state index contributed by atoms with van der Waals surface area (Å²) in [6.07, 6.45) is 10.4. The number of guanidine groups is 1. The molecule has 6 nitrogen and oxygen atoms in total. The van der Waals surface area contributed by atoms with Crippen LogP contribution in [0.15, 0.2) is 4.99 Å². The highest BCUT2D eigenvalue weighted by Crippen LogP contribution is 2.19. The molecule has 0 spiro atoms. The van der Waals surface area contributed by atoms with E-state index in [-0.39, 0.29) is 24.0 Å². The third kappa shape index (κ3) is 14.7. The van der Waals surface area contributed by atoms with Crippen LogP contribution >= 0.6 is 24.0 Å². The number of methoxy groups -OCH3 is 1. The number of ether oxygens (including phenoxy) is 3. The molecule has 2 N–H and O–H groups in total. The van der Waals surface area contributed by atoms with Gasteiger partial charge in [-0.3, -0.25) is 4.99 Å². The number of hydrogen-bond donors (Lipinski definition) is 2. The second kappa shape index (κ2) is 18.7. The summed E-state index contributed by atoms with van der Waals surface area (Å²) in [6, 6.07) is 0. The molecule has 0 atom stereocenters. The number of rotatable bonds is 12. The Morgan fingerprint density at radius 2 is 1.64 bits per heavy atom. The lowest BCUT2D eigenvalue weighted by molar-refractivity contribution is 0.0468. The molecule has 0 radical (unpaired) electrons. The Bertz CT molecular complexity index is 312. The largest absolute Gasteiger partial charge is 0.382 e. The summed E-state index contributed by atoms with van der Waals surface area (Å²) in [4.78, 5) is 4.24. The van der Waals surface area contributed by atoms with Gasteiger partial charge in [-0.25, -0.2) is 0 Å². The van der Waals surface area contributed by atoms with E-state index in [1.807, 2.05) is 0 Å². The second-order valence-corrected chi connectivity index (χ2v) is 6.22. The zero-order chi connectivity index (χ0) is 17.3. The van der Waals surface area contributed by atoms with Crippen molar-refractivity contribution < 1.29 is 14.2 Å². The first kappa shape index (κ1) is 24.9. The van der Waals surface area contributed by atoms with Gasteiger partial charge in [-0.05, 0) is 25.7 Å². The molecule has 150 valence electrons. The lowest BCUT2D eigenvalue weighted by Gasteiger charge is -2.16. The molecule has 7 heteroatoms. The quantitative estimate of drug-likeness (QED) is 0.151. The Morgan fingerprint density at radius 3 is 2.32 bits per heavy atom. The van der Waals surface area contributed by atoms with Crippen LogP contribution in [-0.2, 0) is 14.2 Å². The Kier molecular flexibility index (Phi) is 18.6. The molecule has 0 saturated heterocycles. The summed E-state index contributed by atoms with van der Waals surface area (Å²) in [7, 11) is 3.49. The molecular formula is C18H38IN3O3. The molecule has 0 amide bonds. The molecule has 0 aromatic carbocycles. The van der Waals surface area contributed by atoms with Crippen LogP contribution in [0.4, 0.5) is 0 Å². The van der Waals surface area contributed by atoms with E-state index in [0.717, 1.165) is 45.1 Å². The van der Waals surface area contributed by atoms with E-state index in [9.17, 15) is 0 Å². The van der Waals surface area contributed by atoms with E-state index in [0.29, 0.717) is 19.3 Å². The van der Waals surface area contributed by atoms with E-state index < -0.39 is 0 Å². The number of nitrogens with one attached hydrogen (secondary N) is 2. The van der Waals surface area contributed by atoms with Crippen LogP contribution in [0.3, 0.4) is 0 Å². The Morgan fingerprint density at radius 1 is 0.920 bits per heavy atom. The van der Waals surface area contributed by atoms with Crippen molar-refractivity contribution in [3.63, 3.8) is 0 Å². The van der Waals surface area contributed by atoms with Gasteiger partial charge >= 0.3 is 0 Å². The zero-order valence-corrected chi connectivity index (χ0v) is 18.4. The topological polar surface area (TPSA) is 64.1 Å². The van der Waals surface area contributed by atoms with Crippen LogP contribution in [0.2, 0.25) is 0 Å². The van der Waals surface area contributed by atoms with Gasteiger partial charge in [0.2, 0.25) is 0 Å². The summed E-state index contributed by atoms with van der Waals surface area (Å²) in [5.41, 5.74) is 0. The van der Waals surface area contributed by atoms with Gasteiger partial charge in [-0.2, -0.15) is 0 Å². The molecule has 1 saturated carbocycles. The second-order valence-electron chi connectivity index (χ2n) is 6.22. The van der Waals surface area contributed by atoms with Gasteiger partial charge in [0.25, 0.3) is 0 Å². The predicted molar refractivity (Wildman–Crippen MR) is 114 cm³/mol. The zero-order valence-electron chi connectivity index (χ0n) is 16.1. The lowest BCUT2D eigenvalue weighted by Crippen LogP contribution is -2.39. The molecule has 0 aliphatic heterocycles. The lowest BCUT2D eigenvalue weighted by atomic mass is 10.1. The summed E-state index contributed by atoms with van der Waals surface area (Å²) >= 11 is 0. The number of unbranched alkanes of at least 4 members (excludes halogenated alkanes) is 1. The predicted octanol–water partition coefficient (Wildman–Crippen LogP) is 2.95. The van der Waals surface area contributed by atoms with E-state index >= 15 is 0 Å². The van der Waals surface area contributed by atoms with Gasteiger partial charge in [0.15, 0.2) is 5.96 Å². The summed E-state index contributed by atoms with van der Waals surface area (Å²) in [5, 5.41) is 6.63. The Labute approximate surface area is 170 Å². The minimum Gasteiger partial charge on any atom is -0.382 e. The van der Waals surface area contributed by atoms with Gasteiger partial charge in [-0.1, -0.05) is 25.7 Å². The van der Waals surface area contributed by atoms with Crippen LogP contribution in [-0.4, -0.2) is 65.7 Å². The molecule has 0 heterocycles. The number of hydrogen-bond acceptors (Lipinski definition) is 4. The van der Waals surface area contributed by atoms with Crippen molar-refractivity contribution in [2.75, 3.05) is 53.7 Å². The fraction of sp³-hybridized carbons (Fsp3) is 0.944. The highest BCUT2D eigenvalue weighted by molar-refractivity contribution is 14.0. The van der Waals surface area contributed by atoms with Crippen molar-refractivity contribution in [1.82, 2.24) is 10.6 Å². The van der Waals surface area contributed by atoms with Crippen LogP contribution in [0.5, 0.6) is 0 Å². The third-order valence-corrected chi connectivity index (χ3v) is 4.21. The van der Waals surface area contributed by atoms with Crippen molar-refractivity contribution in [3.05, 3.63) is 0 Å². The third-order valence-electron chi connectivity index (χ3n) is 4.21. The molecule has 0 aromatic heterocycles. The maximum atomic E-state index is 5.98. The van der Waals surface area contributed by atoms with Crippen molar-refractivity contribution in [2.24, 2.45) is 4.99 Å². The molecular weight excluding hydrogens is 433 g/mol. The molecule has 0 bridgehead atoms. The number of halogens is 1. The maximum absolute atomic E-state index is 5.98. The summed E-state index contributed by atoms with van der Waals surface area (Å²) < 4.78 is 16.3. The van der Waals surface area contributed by atoms with Crippen molar-refractivity contribution in [1.29, 1.82) is 0 Å². The molecule has 1 fully saturated rings. The van der Waals surface area contributed by atoms with Crippen LogP contribution in [0.25, 0.3) is 0 Å². The van der Waals surface area contributed by atoms with Crippen molar-refractivity contribution in [2.45, 2.75) is 57.5 Å². The Hall–Kier alpha value is -0.120. The standard InChI is InChI=1S/C18H37N3O3.HI/c1-19-18(20-11-7-8-13-23-16-15-22-2)21-12-14-24-17-9-5-3-4-6-10-17;/h17H,3-16H2,1-2H3,(H2,19,20,21);1H. The van der Waals surface area contributed by atoms with Gasteiger partial charge in [0, 0.05) is 33.9 Å². The van der Waals surface area contributed by atoms with Gasteiger partial charge in [-0.15, -0.1) is 24.0 Å². The average molecular weight is 471 g/mol. The minimum absolute atomic E-state index is 0. The molecule has 1 aliphatic carbocycles. The fourth-order valence-corrected chi connectivity index (χ4v) is 2.80. The van der Waals surface area contributed by atoms with E-state index in [4.69, 9.17) is 14.2 Å². The first-order valence-corrected chi connectivity index (χ1v) is 9.49. The van der Waals surface area contributed by atoms with E-state index in [1.54, 1.807) is 14.2 Å². The molecule has 1 aliphatic rings. The SMILES string of the molecule is CN=C(NCCCCOCCOC)NCCOC1CCCCCC1.I. The van der Waals surface area contributed by atoms with E-state index in [2.05, 4.69) is 15.6 Å². The first-order chi connectivity index (χ1) is 11.9. The van der Waals surface area contributed by atoms with Crippen molar-refractivity contribution in [3.8, 4) is 0 Å². The highest BCUT2D eigenvalue weighted by atomic mass is 127. The summed E-state index contributed by atoms with van der Waals surface area (Å²) in [5.74, 6) is 0.847.